The maximum atomic E-state index is 5.70. The summed E-state index contributed by atoms with van der Waals surface area (Å²) in [5, 5.41) is 3.17. The minimum absolute atomic E-state index is 0.394. The molecule has 1 heterocycles. The van der Waals surface area contributed by atoms with Gasteiger partial charge in [0.05, 0.1) is 6.61 Å². The van der Waals surface area contributed by atoms with Crippen molar-refractivity contribution >= 4 is 11.9 Å². The monoisotopic (exact) mass is 281 g/mol. The summed E-state index contributed by atoms with van der Waals surface area (Å²) in [5.74, 6) is 1.69. The molecular formula is C14H27N5O. The van der Waals surface area contributed by atoms with Gasteiger partial charge >= 0.3 is 6.01 Å². The molecule has 114 valence electrons. The molecule has 1 atom stereocenters. The Morgan fingerprint density at radius 1 is 1.15 bits per heavy atom. The maximum Gasteiger partial charge on any atom is 0.323 e. The van der Waals surface area contributed by atoms with Crippen LogP contribution in [0.15, 0.2) is 0 Å². The second-order valence-electron chi connectivity index (χ2n) is 5.27. The van der Waals surface area contributed by atoms with Crippen LogP contribution in [0.3, 0.4) is 0 Å². The largest absolute Gasteiger partial charge is 0.463 e. The van der Waals surface area contributed by atoms with Crippen molar-refractivity contribution in [1.82, 2.24) is 15.0 Å². The highest BCUT2D eigenvalue weighted by molar-refractivity contribution is 5.36. The van der Waals surface area contributed by atoms with Crippen LogP contribution in [0.4, 0.5) is 11.9 Å². The molecule has 0 aliphatic carbocycles. The zero-order valence-electron chi connectivity index (χ0n) is 13.3. The molecule has 1 unspecified atom stereocenters. The van der Waals surface area contributed by atoms with E-state index in [4.69, 9.17) is 4.74 Å². The summed E-state index contributed by atoms with van der Waals surface area (Å²) < 4.78 is 5.70. The maximum absolute atomic E-state index is 5.70. The smallest absolute Gasteiger partial charge is 0.323 e. The number of nitrogens with one attached hydrogen (secondary N) is 1. The zero-order chi connectivity index (χ0) is 15.0. The van der Waals surface area contributed by atoms with Crippen molar-refractivity contribution in [3.63, 3.8) is 0 Å². The van der Waals surface area contributed by atoms with E-state index in [0.29, 0.717) is 30.4 Å². The molecule has 1 N–H and O–H groups in total. The SMILES string of the molecule is CCCNc1nc(OCC(C)CCC)nc(N(C)C)n1. The standard InChI is InChI=1S/C14H27N5O/c1-6-8-11(3)10-20-14-17-12(15-9-7-2)16-13(18-14)19(4)5/h11H,6-10H2,1-5H3,(H,15,16,17,18). The molecule has 0 aromatic carbocycles. The quantitative estimate of drug-likeness (QED) is 0.750. The van der Waals surface area contributed by atoms with Crippen molar-refractivity contribution in [1.29, 1.82) is 0 Å². The Hall–Kier alpha value is -1.59. The lowest BCUT2D eigenvalue weighted by Gasteiger charge is -2.15. The Bertz CT molecular complexity index is 397. The Kier molecular flexibility index (Phi) is 7.04. The highest BCUT2D eigenvalue weighted by atomic mass is 16.5. The molecule has 0 bridgehead atoms. The van der Waals surface area contributed by atoms with Crippen molar-refractivity contribution in [2.75, 3.05) is 37.5 Å². The van der Waals surface area contributed by atoms with E-state index in [1.807, 2.05) is 19.0 Å². The number of hydrogen-bond acceptors (Lipinski definition) is 6. The second kappa shape index (κ2) is 8.55. The van der Waals surface area contributed by atoms with Crippen molar-refractivity contribution in [2.24, 2.45) is 5.92 Å². The van der Waals surface area contributed by atoms with Crippen molar-refractivity contribution in [2.45, 2.75) is 40.0 Å². The van der Waals surface area contributed by atoms with Gasteiger partial charge in [-0.05, 0) is 18.8 Å². The third-order valence-electron chi connectivity index (χ3n) is 2.81. The van der Waals surface area contributed by atoms with E-state index in [9.17, 15) is 0 Å². The molecule has 6 heteroatoms. The van der Waals surface area contributed by atoms with Crippen LogP contribution in [0.5, 0.6) is 6.01 Å². The lowest BCUT2D eigenvalue weighted by Crippen LogP contribution is -2.17. The minimum atomic E-state index is 0.394. The third-order valence-corrected chi connectivity index (χ3v) is 2.81. The molecule has 0 saturated carbocycles. The van der Waals surface area contributed by atoms with Gasteiger partial charge in [0.15, 0.2) is 0 Å². The average molecular weight is 281 g/mol. The lowest BCUT2D eigenvalue weighted by molar-refractivity contribution is 0.233. The van der Waals surface area contributed by atoms with Gasteiger partial charge in [-0.2, -0.15) is 15.0 Å². The van der Waals surface area contributed by atoms with Crippen LogP contribution in [0.25, 0.3) is 0 Å². The summed E-state index contributed by atoms with van der Waals surface area (Å²) in [7, 11) is 3.81. The number of aromatic nitrogens is 3. The van der Waals surface area contributed by atoms with Gasteiger partial charge in [0, 0.05) is 20.6 Å². The minimum Gasteiger partial charge on any atom is -0.463 e. The van der Waals surface area contributed by atoms with E-state index < -0.39 is 0 Å². The fourth-order valence-corrected chi connectivity index (χ4v) is 1.72. The Balaban J connectivity index is 2.74. The summed E-state index contributed by atoms with van der Waals surface area (Å²) in [6, 6.07) is 0.394. The van der Waals surface area contributed by atoms with Gasteiger partial charge in [0.2, 0.25) is 11.9 Å². The molecule has 0 fully saturated rings. The Morgan fingerprint density at radius 2 is 1.90 bits per heavy atom. The number of rotatable bonds is 9. The number of hydrogen-bond donors (Lipinski definition) is 1. The molecule has 0 amide bonds. The molecule has 20 heavy (non-hydrogen) atoms. The molecule has 0 aliphatic rings. The van der Waals surface area contributed by atoms with Crippen molar-refractivity contribution < 1.29 is 4.74 Å². The third kappa shape index (κ3) is 5.59. The first kappa shape index (κ1) is 16.5. The predicted molar refractivity (Wildman–Crippen MR) is 82.5 cm³/mol. The Labute approximate surface area is 122 Å². The highest BCUT2D eigenvalue weighted by Gasteiger charge is 2.10. The molecule has 6 nitrogen and oxygen atoms in total. The van der Waals surface area contributed by atoms with Crippen LogP contribution in [0.1, 0.15) is 40.0 Å². The molecular weight excluding hydrogens is 254 g/mol. The van der Waals surface area contributed by atoms with Gasteiger partial charge in [-0.1, -0.05) is 27.2 Å². The van der Waals surface area contributed by atoms with Gasteiger partial charge in [-0.25, -0.2) is 0 Å². The molecule has 1 aromatic rings. The zero-order valence-corrected chi connectivity index (χ0v) is 13.3. The topological polar surface area (TPSA) is 63.2 Å². The first-order chi connectivity index (χ1) is 9.56. The summed E-state index contributed by atoms with van der Waals surface area (Å²) in [5.41, 5.74) is 0. The molecule has 0 aliphatic heterocycles. The van der Waals surface area contributed by atoms with E-state index >= 15 is 0 Å². The van der Waals surface area contributed by atoms with Crippen LogP contribution >= 0.6 is 0 Å². The first-order valence-electron chi connectivity index (χ1n) is 7.36. The van der Waals surface area contributed by atoms with Crippen LogP contribution in [-0.4, -0.2) is 42.2 Å². The van der Waals surface area contributed by atoms with Crippen molar-refractivity contribution in [3.8, 4) is 6.01 Å². The summed E-state index contributed by atoms with van der Waals surface area (Å²) >= 11 is 0. The second-order valence-corrected chi connectivity index (χ2v) is 5.27. The molecule has 0 spiro atoms. The highest BCUT2D eigenvalue weighted by Crippen LogP contribution is 2.14. The fraction of sp³-hybridized carbons (Fsp3) is 0.786. The van der Waals surface area contributed by atoms with Gasteiger partial charge in [-0.15, -0.1) is 0 Å². The fourth-order valence-electron chi connectivity index (χ4n) is 1.72. The van der Waals surface area contributed by atoms with Crippen LogP contribution in [0, 0.1) is 5.92 Å². The Morgan fingerprint density at radius 3 is 2.50 bits per heavy atom. The lowest BCUT2D eigenvalue weighted by atomic mass is 10.1. The van der Waals surface area contributed by atoms with Crippen LogP contribution in [-0.2, 0) is 0 Å². The predicted octanol–water partition coefficient (Wildman–Crippen LogP) is 2.57. The summed E-state index contributed by atoms with van der Waals surface area (Å²) in [6.45, 7) is 7.93. The van der Waals surface area contributed by atoms with Gasteiger partial charge in [0.25, 0.3) is 0 Å². The van der Waals surface area contributed by atoms with Crippen LogP contribution in [0.2, 0.25) is 0 Å². The normalized spacial score (nSPS) is 12.1. The van der Waals surface area contributed by atoms with E-state index in [2.05, 4.69) is 41.0 Å². The molecule has 1 rings (SSSR count). The average Bonchev–Trinajstić information content (AvgIpc) is 2.43. The number of ether oxygens (including phenoxy) is 1. The van der Waals surface area contributed by atoms with Gasteiger partial charge in [0.1, 0.15) is 0 Å². The van der Waals surface area contributed by atoms with E-state index in [1.165, 1.54) is 0 Å². The summed E-state index contributed by atoms with van der Waals surface area (Å²) in [6.07, 6.45) is 3.33. The van der Waals surface area contributed by atoms with E-state index in [-0.39, 0.29) is 0 Å². The summed E-state index contributed by atoms with van der Waals surface area (Å²) in [4.78, 5) is 14.8. The van der Waals surface area contributed by atoms with Crippen molar-refractivity contribution in [3.05, 3.63) is 0 Å². The van der Waals surface area contributed by atoms with Gasteiger partial charge in [-0.3, -0.25) is 0 Å². The molecule has 1 aromatic heterocycles. The van der Waals surface area contributed by atoms with Gasteiger partial charge < -0.3 is 15.0 Å². The number of anilines is 2. The van der Waals surface area contributed by atoms with Crippen LogP contribution < -0.4 is 15.0 Å². The first-order valence-corrected chi connectivity index (χ1v) is 7.36. The van der Waals surface area contributed by atoms with E-state index in [1.54, 1.807) is 0 Å². The van der Waals surface area contributed by atoms with E-state index in [0.717, 1.165) is 25.8 Å². The molecule has 0 saturated heterocycles. The molecule has 0 radical (unpaired) electrons. The number of nitrogens with zero attached hydrogens (tertiary/aromatic N) is 4.